The van der Waals surface area contributed by atoms with Crippen LogP contribution in [0.5, 0.6) is 0 Å². The Kier molecular flexibility index (Phi) is 4.94. The predicted octanol–water partition coefficient (Wildman–Crippen LogP) is 3.69. The van der Waals surface area contributed by atoms with Crippen molar-refractivity contribution in [2.75, 3.05) is 6.54 Å². The molecule has 1 saturated carbocycles. The monoisotopic (exact) mass is 199 g/mol. The smallest absolute Gasteiger partial charge is 0.00104 e. The van der Waals surface area contributed by atoms with Gasteiger partial charge in [-0.1, -0.05) is 27.7 Å². The highest BCUT2D eigenvalue weighted by atomic mass is 14.9. The van der Waals surface area contributed by atoms with Gasteiger partial charge in [0.25, 0.3) is 0 Å². The third-order valence-electron chi connectivity index (χ3n) is 3.65. The van der Waals surface area contributed by atoms with Crippen molar-refractivity contribution in [3.8, 4) is 0 Å². The molecule has 0 aromatic carbocycles. The lowest BCUT2D eigenvalue weighted by atomic mass is 9.77. The van der Waals surface area contributed by atoms with Crippen molar-refractivity contribution < 1.29 is 1.43 Å². The Hall–Kier alpha value is -0.0400. The molecular weight excluding hydrogens is 170 g/mol. The first-order valence-electron chi connectivity index (χ1n) is 6.33. The molecule has 1 aliphatic rings. The topological polar surface area (TPSA) is 12.0 Å². The SMILES string of the molecule is CC(C)NCC1CCC(C(C)C)CC1.[HH]. The Morgan fingerprint density at radius 1 is 1.07 bits per heavy atom. The van der Waals surface area contributed by atoms with Gasteiger partial charge in [0.1, 0.15) is 0 Å². The molecule has 0 spiro atoms. The molecule has 0 saturated heterocycles. The van der Waals surface area contributed by atoms with Gasteiger partial charge in [0.05, 0.1) is 0 Å². The summed E-state index contributed by atoms with van der Waals surface area (Å²) in [6.07, 6.45) is 5.81. The van der Waals surface area contributed by atoms with Crippen LogP contribution < -0.4 is 5.32 Å². The highest BCUT2D eigenvalue weighted by molar-refractivity contribution is 4.76. The molecule has 1 aliphatic carbocycles. The molecule has 86 valence electrons. The molecule has 0 unspecified atom stereocenters. The Balaban J connectivity index is 0.00000196. The maximum Gasteiger partial charge on any atom is 0.00104 e. The van der Waals surface area contributed by atoms with E-state index in [-0.39, 0.29) is 1.43 Å². The number of hydrogen-bond acceptors (Lipinski definition) is 1. The van der Waals surface area contributed by atoms with Gasteiger partial charge in [-0.15, -0.1) is 0 Å². The number of rotatable bonds is 4. The van der Waals surface area contributed by atoms with Gasteiger partial charge in [-0.2, -0.15) is 0 Å². The first kappa shape index (κ1) is 12.0. The zero-order valence-corrected chi connectivity index (χ0v) is 10.3. The number of hydrogen-bond donors (Lipinski definition) is 1. The van der Waals surface area contributed by atoms with E-state index in [1.165, 1.54) is 32.2 Å². The lowest BCUT2D eigenvalue weighted by molar-refractivity contribution is 0.218. The average Bonchev–Trinajstić information content (AvgIpc) is 2.15. The van der Waals surface area contributed by atoms with E-state index in [2.05, 4.69) is 33.0 Å². The Morgan fingerprint density at radius 2 is 1.64 bits per heavy atom. The molecule has 1 rings (SSSR count). The standard InChI is InChI=1S/C13H27N.H2/c1-10(2)13-7-5-12(6-8-13)9-14-11(3)4;/h10-14H,5-9H2,1-4H3;1H. The second-order valence-corrected chi connectivity index (χ2v) is 5.59. The molecule has 1 nitrogen and oxygen atoms in total. The van der Waals surface area contributed by atoms with Crippen LogP contribution in [-0.2, 0) is 0 Å². The molecule has 0 aliphatic heterocycles. The van der Waals surface area contributed by atoms with Crippen molar-refractivity contribution in [3.63, 3.8) is 0 Å². The summed E-state index contributed by atoms with van der Waals surface area (Å²) >= 11 is 0. The van der Waals surface area contributed by atoms with E-state index >= 15 is 0 Å². The van der Waals surface area contributed by atoms with Crippen molar-refractivity contribution in [2.24, 2.45) is 17.8 Å². The normalized spacial score (nSPS) is 28.7. The summed E-state index contributed by atoms with van der Waals surface area (Å²) in [5.41, 5.74) is 0. The highest BCUT2D eigenvalue weighted by Gasteiger charge is 2.22. The second-order valence-electron chi connectivity index (χ2n) is 5.59. The molecule has 0 atom stereocenters. The first-order chi connectivity index (χ1) is 6.59. The van der Waals surface area contributed by atoms with E-state index in [4.69, 9.17) is 0 Å². The summed E-state index contributed by atoms with van der Waals surface area (Å²) in [5.74, 6) is 2.85. The third-order valence-corrected chi connectivity index (χ3v) is 3.65. The lowest BCUT2D eigenvalue weighted by Gasteiger charge is -2.31. The third kappa shape index (κ3) is 4.00. The molecular formula is C13H29N. The predicted molar refractivity (Wildman–Crippen MR) is 65.5 cm³/mol. The summed E-state index contributed by atoms with van der Waals surface area (Å²) in [6.45, 7) is 10.5. The van der Waals surface area contributed by atoms with Gasteiger partial charge in [0.2, 0.25) is 0 Å². The molecule has 0 radical (unpaired) electrons. The van der Waals surface area contributed by atoms with Crippen LogP contribution in [0, 0.1) is 17.8 Å². The van der Waals surface area contributed by atoms with Gasteiger partial charge in [-0.05, 0) is 50.0 Å². The van der Waals surface area contributed by atoms with Gasteiger partial charge < -0.3 is 5.32 Å². The van der Waals surface area contributed by atoms with E-state index in [1.807, 2.05) is 0 Å². The van der Waals surface area contributed by atoms with E-state index in [0.29, 0.717) is 6.04 Å². The molecule has 1 N–H and O–H groups in total. The summed E-state index contributed by atoms with van der Waals surface area (Å²) in [4.78, 5) is 0. The van der Waals surface area contributed by atoms with Crippen LogP contribution in [-0.4, -0.2) is 12.6 Å². The van der Waals surface area contributed by atoms with Gasteiger partial charge >= 0.3 is 0 Å². The van der Waals surface area contributed by atoms with Gasteiger partial charge in [-0.25, -0.2) is 0 Å². The molecule has 0 aromatic heterocycles. The Bertz CT molecular complexity index is 149. The van der Waals surface area contributed by atoms with Crippen LogP contribution in [0.2, 0.25) is 0 Å². The van der Waals surface area contributed by atoms with Crippen LogP contribution in [0.15, 0.2) is 0 Å². The highest BCUT2D eigenvalue weighted by Crippen LogP contribution is 2.32. The largest absolute Gasteiger partial charge is 0.314 e. The van der Waals surface area contributed by atoms with Gasteiger partial charge in [-0.3, -0.25) is 0 Å². The fourth-order valence-corrected chi connectivity index (χ4v) is 2.46. The Labute approximate surface area is 91.1 Å². The van der Waals surface area contributed by atoms with E-state index < -0.39 is 0 Å². The lowest BCUT2D eigenvalue weighted by Crippen LogP contribution is -2.31. The van der Waals surface area contributed by atoms with Crippen LogP contribution >= 0.6 is 0 Å². The van der Waals surface area contributed by atoms with Crippen molar-refractivity contribution in [2.45, 2.75) is 59.4 Å². The fraction of sp³-hybridized carbons (Fsp3) is 1.00. The molecule has 0 heterocycles. The van der Waals surface area contributed by atoms with Gasteiger partial charge in [0, 0.05) is 7.47 Å². The molecule has 1 fully saturated rings. The zero-order chi connectivity index (χ0) is 10.6. The maximum absolute atomic E-state index is 3.56. The van der Waals surface area contributed by atoms with Crippen LogP contribution in [0.3, 0.4) is 0 Å². The Morgan fingerprint density at radius 3 is 2.07 bits per heavy atom. The van der Waals surface area contributed by atoms with E-state index in [9.17, 15) is 0 Å². The van der Waals surface area contributed by atoms with Crippen LogP contribution in [0.1, 0.15) is 54.8 Å². The van der Waals surface area contributed by atoms with Crippen LogP contribution in [0.25, 0.3) is 0 Å². The molecule has 14 heavy (non-hydrogen) atoms. The summed E-state index contributed by atoms with van der Waals surface area (Å²) in [6, 6.07) is 0.651. The van der Waals surface area contributed by atoms with E-state index in [0.717, 1.165) is 17.8 Å². The van der Waals surface area contributed by atoms with Gasteiger partial charge in [0.15, 0.2) is 0 Å². The summed E-state index contributed by atoms with van der Waals surface area (Å²) in [7, 11) is 0. The van der Waals surface area contributed by atoms with Crippen molar-refractivity contribution in [1.82, 2.24) is 5.32 Å². The number of nitrogens with one attached hydrogen (secondary N) is 1. The van der Waals surface area contributed by atoms with Crippen molar-refractivity contribution in [1.29, 1.82) is 0 Å². The van der Waals surface area contributed by atoms with Crippen molar-refractivity contribution >= 4 is 0 Å². The average molecular weight is 199 g/mol. The van der Waals surface area contributed by atoms with Crippen molar-refractivity contribution in [3.05, 3.63) is 0 Å². The fourth-order valence-electron chi connectivity index (χ4n) is 2.46. The quantitative estimate of drug-likeness (QED) is 0.728. The van der Waals surface area contributed by atoms with E-state index in [1.54, 1.807) is 0 Å². The molecule has 0 aromatic rings. The van der Waals surface area contributed by atoms with Crippen LogP contribution in [0.4, 0.5) is 0 Å². The maximum atomic E-state index is 3.56. The first-order valence-corrected chi connectivity index (χ1v) is 6.33. The zero-order valence-electron chi connectivity index (χ0n) is 10.3. The second kappa shape index (κ2) is 5.75. The molecule has 0 amide bonds. The summed E-state index contributed by atoms with van der Waals surface area (Å²) in [5, 5.41) is 3.56. The minimum atomic E-state index is 0. The minimum absolute atomic E-state index is 0. The minimum Gasteiger partial charge on any atom is -0.314 e. The molecule has 0 bridgehead atoms. The summed E-state index contributed by atoms with van der Waals surface area (Å²) < 4.78 is 0. The molecule has 1 heteroatoms.